The molecule has 12 heavy (non-hydrogen) atoms. The van der Waals surface area contributed by atoms with Crippen molar-refractivity contribution in [2.24, 2.45) is 5.92 Å². The molecule has 0 aromatic rings. The van der Waals surface area contributed by atoms with Crippen molar-refractivity contribution in [1.29, 1.82) is 0 Å². The molecule has 1 heterocycles. The predicted molar refractivity (Wildman–Crippen MR) is 46.7 cm³/mol. The Kier molecular flexibility index (Phi) is 2.66. The van der Waals surface area contributed by atoms with Crippen LogP contribution in [-0.4, -0.2) is 17.5 Å². The molecule has 0 aromatic heterocycles. The summed E-state index contributed by atoms with van der Waals surface area (Å²) in [6.07, 6.45) is 8.57. The van der Waals surface area contributed by atoms with E-state index in [1.807, 2.05) is 0 Å². The van der Waals surface area contributed by atoms with Gasteiger partial charge in [-0.05, 0) is 18.8 Å². The summed E-state index contributed by atoms with van der Waals surface area (Å²) in [5.41, 5.74) is 0. The van der Waals surface area contributed by atoms with Gasteiger partial charge in [0, 0.05) is 6.42 Å². The van der Waals surface area contributed by atoms with Crippen LogP contribution in [0.4, 0.5) is 0 Å². The Balaban J connectivity index is 1.92. The van der Waals surface area contributed by atoms with Crippen molar-refractivity contribution < 1.29 is 9.84 Å². The molecule has 70 valence electrons. The van der Waals surface area contributed by atoms with E-state index < -0.39 is 6.29 Å². The topological polar surface area (TPSA) is 29.5 Å². The van der Waals surface area contributed by atoms with Gasteiger partial charge in [0.15, 0.2) is 6.29 Å². The molecule has 2 rings (SSSR count). The van der Waals surface area contributed by atoms with Gasteiger partial charge in [0.25, 0.3) is 0 Å². The SMILES string of the molecule is OC1CC2CCCCCCC2O1. The molecule has 1 aliphatic heterocycles. The molecule has 1 aliphatic carbocycles. The van der Waals surface area contributed by atoms with Crippen LogP contribution in [-0.2, 0) is 4.74 Å². The quantitative estimate of drug-likeness (QED) is 0.603. The van der Waals surface area contributed by atoms with Gasteiger partial charge in [-0.15, -0.1) is 0 Å². The van der Waals surface area contributed by atoms with Crippen molar-refractivity contribution in [1.82, 2.24) is 0 Å². The summed E-state index contributed by atoms with van der Waals surface area (Å²) >= 11 is 0. The Hall–Kier alpha value is -0.0800. The largest absolute Gasteiger partial charge is 0.368 e. The highest BCUT2D eigenvalue weighted by Crippen LogP contribution is 2.34. The lowest BCUT2D eigenvalue weighted by Gasteiger charge is -2.20. The van der Waals surface area contributed by atoms with E-state index in [-0.39, 0.29) is 0 Å². The van der Waals surface area contributed by atoms with E-state index >= 15 is 0 Å². The van der Waals surface area contributed by atoms with Gasteiger partial charge in [-0.1, -0.05) is 25.7 Å². The Labute approximate surface area is 73.9 Å². The first kappa shape index (κ1) is 8.52. The summed E-state index contributed by atoms with van der Waals surface area (Å²) in [7, 11) is 0. The van der Waals surface area contributed by atoms with Crippen molar-refractivity contribution in [3.63, 3.8) is 0 Å². The third-order valence-corrected chi connectivity index (χ3v) is 3.18. The molecular weight excluding hydrogens is 152 g/mol. The second-order valence-corrected chi connectivity index (χ2v) is 4.12. The number of rotatable bonds is 0. The van der Waals surface area contributed by atoms with E-state index in [2.05, 4.69) is 0 Å². The average Bonchev–Trinajstić information content (AvgIpc) is 2.32. The molecular formula is C10H18O2. The van der Waals surface area contributed by atoms with Crippen LogP contribution in [0.15, 0.2) is 0 Å². The van der Waals surface area contributed by atoms with Crippen molar-refractivity contribution in [2.45, 2.75) is 57.3 Å². The zero-order valence-electron chi connectivity index (χ0n) is 7.54. The monoisotopic (exact) mass is 170 g/mol. The molecule has 0 aromatic carbocycles. The van der Waals surface area contributed by atoms with Gasteiger partial charge >= 0.3 is 0 Å². The third-order valence-electron chi connectivity index (χ3n) is 3.18. The molecule has 2 fully saturated rings. The summed E-state index contributed by atoms with van der Waals surface area (Å²) in [4.78, 5) is 0. The highest BCUT2D eigenvalue weighted by Gasteiger charge is 2.33. The summed E-state index contributed by atoms with van der Waals surface area (Å²) in [5, 5.41) is 9.32. The second-order valence-electron chi connectivity index (χ2n) is 4.12. The molecule has 3 unspecified atom stereocenters. The van der Waals surface area contributed by atoms with E-state index in [1.54, 1.807) is 0 Å². The second kappa shape index (κ2) is 3.75. The average molecular weight is 170 g/mol. The minimum atomic E-state index is -0.460. The van der Waals surface area contributed by atoms with Gasteiger partial charge in [0.1, 0.15) is 0 Å². The number of aliphatic hydroxyl groups is 1. The van der Waals surface area contributed by atoms with Crippen molar-refractivity contribution in [2.75, 3.05) is 0 Å². The van der Waals surface area contributed by atoms with Crippen molar-refractivity contribution in [3.8, 4) is 0 Å². The van der Waals surface area contributed by atoms with Gasteiger partial charge < -0.3 is 9.84 Å². The molecule has 0 amide bonds. The number of ether oxygens (including phenoxy) is 1. The first-order chi connectivity index (χ1) is 5.86. The predicted octanol–water partition coefficient (Wildman–Crippen LogP) is 2.06. The Morgan fingerprint density at radius 1 is 1.00 bits per heavy atom. The summed E-state index contributed by atoms with van der Waals surface area (Å²) in [6, 6.07) is 0. The van der Waals surface area contributed by atoms with E-state index in [0.717, 1.165) is 6.42 Å². The van der Waals surface area contributed by atoms with E-state index in [1.165, 1.54) is 38.5 Å². The molecule has 0 spiro atoms. The summed E-state index contributed by atoms with van der Waals surface area (Å²) in [6.45, 7) is 0. The van der Waals surface area contributed by atoms with Gasteiger partial charge in [0.05, 0.1) is 6.10 Å². The molecule has 3 atom stereocenters. The first-order valence-electron chi connectivity index (χ1n) is 5.20. The molecule has 2 aliphatic rings. The first-order valence-corrected chi connectivity index (χ1v) is 5.20. The molecule has 0 bridgehead atoms. The highest BCUT2D eigenvalue weighted by molar-refractivity contribution is 4.79. The summed E-state index contributed by atoms with van der Waals surface area (Å²) in [5.74, 6) is 0.653. The molecule has 1 saturated carbocycles. The number of hydrogen-bond acceptors (Lipinski definition) is 2. The number of hydrogen-bond donors (Lipinski definition) is 1. The fourth-order valence-electron chi connectivity index (χ4n) is 2.49. The van der Waals surface area contributed by atoms with Crippen LogP contribution in [0.1, 0.15) is 44.9 Å². The number of fused-ring (bicyclic) bond motifs is 1. The van der Waals surface area contributed by atoms with E-state index in [4.69, 9.17) is 4.74 Å². The minimum absolute atomic E-state index is 0.375. The van der Waals surface area contributed by atoms with Crippen LogP contribution in [0.25, 0.3) is 0 Å². The van der Waals surface area contributed by atoms with Crippen molar-refractivity contribution in [3.05, 3.63) is 0 Å². The van der Waals surface area contributed by atoms with Gasteiger partial charge in [-0.2, -0.15) is 0 Å². The van der Waals surface area contributed by atoms with Gasteiger partial charge in [0.2, 0.25) is 0 Å². The fourth-order valence-corrected chi connectivity index (χ4v) is 2.49. The normalized spacial score (nSPS) is 43.2. The summed E-state index contributed by atoms with van der Waals surface area (Å²) < 4.78 is 5.46. The smallest absolute Gasteiger partial charge is 0.155 e. The third kappa shape index (κ3) is 1.80. The van der Waals surface area contributed by atoms with Crippen LogP contribution in [0.3, 0.4) is 0 Å². The lowest BCUT2D eigenvalue weighted by Crippen LogP contribution is -2.17. The highest BCUT2D eigenvalue weighted by atomic mass is 16.6. The Morgan fingerprint density at radius 3 is 2.58 bits per heavy atom. The van der Waals surface area contributed by atoms with Crippen molar-refractivity contribution >= 4 is 0 Å². The zero-order chi connectivity index (χ0) is 8.39. The lowest BCUT2D eigenvalue weighted by atomic mass is 9.88. The maximum Gasteiger partial charge on any atom is 0.155 e. The molecule has 1 N–H and O–H groups in total. The van der Waals surface area contributed by atoms with Crippen LogP contribution in [0, 0.1) is 5.92 Å². The fraction of sp³-hybridized carbons (Fsp3) is 1.00. The zero-order valence-corrected chi connectivity index (χ0v) is 7.54. The molecule has 2 heteroatoms. The van der Waals surface area contributed by atoms with Crippen LogP contribution < -0.4 is 0 Å². The molecule has 2 nitrogen and oxygen atoms in total. The van der Waals surface area contributed by atoms with Crippen LogP contribution >= 0.6 is 0 Å². The van der Waals surface area contributed by atoms with Crippen LogP contribution in [0.5, 0.6) is 0 Å². The standard InChI is InChI=1S/C10H18O2/c11-10-7-8-5-3-1-2-4-6-9(8)12-10/h8-11H,1-7H2. The van der Waals surface area contributed by atoms with Gasteiger partial charge in [-0.25, -0.2) is 0 Å². The minimum Gasteiger partial charge on any atom is -0.368 e. The van der Waals surface area contributed by atoms with Gasteiger partial charge in [-0.3, -0.25) is 0 Å². The molecule has 0 radical (unpaired) electrons. The van der Waals surface area contributed by atoms with Crippen LogP contribution in [0.2, 0.25) is 0 Å². The maximum atomic E-state index is 9.32. The van der Waals surface area contributed by atoms with E-state index in [9.17, 15) is 5.11 Å². The van der Waals surface area contributed by atoms with E-state index in [0.29, 0.717) is 12.0 Å². The maximum absolute atomic E-state index is 9.32. The molecule has 1 saturated heterocycles. The number of aliphatic hydroxyl groups excluding tert-OH is 1. The Bertz CT molecular complexity index is 131. The Morgan fingerprint density at radius 2 is 1.75 bits per heavy atom. The lowest BCUT2D eigenvalue weighted by molar-refractivity contribution is -0.0946.